The summed E-state index contributed by atoms with van der Waals surface area (Å²) in [7, 11) is 0. The van der Waals surface area contributed by atoms with Crippen molar-refractivity contribution in [1.82, 2.24) is 0 Å². The van der Waals surface area contributed by atoms with Gasteiger partial charge in [0.1, 0.15) is 6.10 Å². The average molecular weight is 270 g/mol. The monoisotopic (exact) mass is 270 g/mol. The van der Waals surface area contributed by atoms with Gasteiger partial charge < -0.3 is 9.64 Å². The van der Waals surface area contributed by atoms with Gasteiger partial charge in [-0.2, -0.15) is 18.4 Å². The number of hydrogen-bond donors (Lipinski definition) is 0. The van der Waals surface area contributed by atoms with Crippen LogP contribution in [0, 0.1) is 11.5 Å². The van der Waals surface area contributed by atoms with Crippen LogP contribution in [0.5, 0.6) is 0 Å². The van der Waals surface area contributed by atoms with E-state index in [1.807, 2.05) is 4.90 Å². The van der Waals surface area contributed by atoms with E-state index in [0.717, 1.165) is 25.0 Å². The lowest BCUT2D eigenvalue weighted by atomic mass is 10.1. The summed E-state index contributed by atoms with van der Waals surface area (Å²) in [5.41, 5.74) is -0.144. The highest BCUT2D eigenvalue weighted by molar-refractivity contribution is 5.49. The molecule has 0 saturated carbocycles. The van der Waals surface area contributed by atoms with Crippen LogP contribution in [0.3, 0.4) is 0 Å². The molecule has 3 nitrogen and oxygen atoms in total. The molecule has 1 atom stereocenters. The van der Waals surface area contributed by atoms with Crippen LogP contribution < -0.4 is 4.90 Å². The molecule has 1 heterocycles. The van der Waals surface area contributed by atoms with E-state index in [2.05, 4.69) is 0 Å². The maximum absolute atomic E-state index is 12.6. The Kier molecular flexibility index (Phi) is 3.84. The van der Waals surface area contributed by atoms with Gasteiger partial charge in [0.15, 0.2) is 0 Å². The molecule has 1 saturated heterocycles. The first-order valence-electron chi connectivity index (χ1n) is 5.97. The Morgan fingerprint density at radius 3 is 2.84 bits per heavy atom. The lowest BCUT2D eigenvalue weighted by Crippen LogP contribution is -2.39. The molecule has 1 unspecified atom stereocenters. The lowest BCUT2D eigenvalue weighted by Gasteiger charge is -2.33. The molecule has 1 aliphatic rings. The van der Waals surface area contributed by atoms with Gasteiger partial charge in [-0.05, 0) is 31.0 Å². The molecule has 0 bridgehead atoms. The Labute approximate surface area is 109 Å². The number of nitrogens with zero attached hydrogens (tertiary/aromatic N) is 2. The third-order valence-corrected chi connectivity index (χ3v) is 3.14. The van der Waals surface area contributed by atoms with Gasteiger partial charge in [-0.25, -0.2) is 0 Å². The molecule has 0 aliphatic carbocycles. The molecule has 2 rings (SSSR count). The van der Waals surface area contributed by atoms with Gasteiger partial charge in [0.25, 0.3) is 6.26 Å². The van der Waals surface area contributed by atoms with Crippen molar-refractivity contribution < 1.29 is 17.9 Å². The summed E-state index contributed by atoms with van der Waals surface area (Å²) < 4.78 is 42.8. The minimum absolute atomic E-state index is 0.242. The van der Waals surface area contributed by atoms with Gasteiger partial charge in [-0.15, -0.1) is 0 Å². The molecule has 1 aromatic rings. The predicted octanol–water partition coefficient (Wildman–Crippen LogP) is 3.17. The van der Waals surface area contributed by atoms with Crippen molar-refractivity contribution >= 4 is 5.69 Å². The van der Waals surface area contributed by atoms with Crippen molar-refractivity contribution in [1.29, 1.82) is 5.26 Å². The summed E-state index contributed by atoms with van der Waals surface area (Å²) in [6.45, 7) is 1.11. The summed E-state index contributed by atoms with van der Waals surface area (Å²) >= 11 is 0. The Bertz CT molecular complexity index is 482. The van der Waals surface area contributed by atoms with Crippen LogP contribution in [0.2, 0.25) is 0 Å². The van der Waals surface area contributed by atoms with E-state index < -0.39 is 11.7 Å². The van der Waals surface area contributed by atoms with Gasteiger partial charge in [-0.1, -0.05) is 6.07 Å². The number of halogens is 3. The Morgan fingerprint density at radius 1 is 1.37 bits per heavy atom. The minimum atomic E-state index is -4.34. The number of benzene rings is 1. The van der Waals surface area contributed by atoms with Gasteiger partial charge >= 0.3 is 6.18 Å². The first-order valence-corrected chi connectivity index (χ1v) is 5.97. The number of alkyl halides is 3. The zero-order valence-electron chi connectivity index (χ0n) is 10.2. The molecule has 1 aromatic carbocycles. The molecular formula is C13H13F3N2O. The highest BCUT2D eigenvalue weighted by atomic mass is 19.4. The van der Waals surface area contributed by atoms with Crippen LogP contribution in [0.25, 0.3) is 0 Å². The number of nitriles is 1. The molecule has 1 fully saturated rings. The summed E-state index contributed by atoms with van der Waals surface area (Å²) in [6, 6.07) is 5.22. The third-order valence-electron chi connectivity index (χ3n) is 3.14. The van der Waals surface area contributed by atoms with E-state index in [0.29, 0.717) is 18.8 Å². The van der Waals surface area contributed by atoms with Gasteiger partial charge in [0.2, 0.25) is 0 Å². The lowest BCUT2D eigenvalue weighted by molar-refractivity contribution is -0.137. The van der Waals surface area contributed by atoms with Crippen LogP contribution in [0.1, 0.15) is 18.4 Å². The van der Waals surface area contributed by atoms with E-state index in [1.165, 1.54) is 6.07 Å². The molecule has 102 valence electrons. The van der Waals surface area contributed by atoms with E-state index >= 15 is 0 Å². The molecule has 0 radical (unpaired) electrons. The number of piperidine rings is 1. The van der Waals surface area contributed by atoms with E-state index in [4.69, 9.17) is 10.00 Å². The largest absolute Gasteiger partial charge is 0.422 e. The maximum Gasteiger partial charge on any atom is 0.416 e. The van der Waals surface area contributed by atoms with Crippen LogP contribution in [-0.4, -0.2) is 19.2 Å². The highest BCUT2D eigenvalue weighted by Gasteiger charge is 2.31. The normalized spacial score (nSPS) is 19.9. The second-order valence-corrected chi connectivity index (χ2v) is 4.47. The Hall–Kier alpha value is -1.90. The first-order chi connectivity index (χ1) is 9.00. The standard InChI is InChI=1S/C13H13F3N2O/c14-13(15,16)10-3-1-4-11(7-10)18-6-2-5-12(8-18)19-9-17/h1,3-4,7,12H,2,5-6,8H2. The smallest absolute Gasteiger partial charge is 0.416 e. The zero-order valence-corrected chi connectivity index (χ0v) is 10.2. The van der Waals surface area contributed by atoms with Crippen LogP contribution in [0.4, 0.5) is 18.9 Å². The zero-order chi connectivity index (χ0) is 13.9. The van der Waals surface area contributed by atoms with E-state index in [9.17, 15) is 13.2 Å². The fourth-order valence-electron chi connectivity index (χ4n) is 2.22. The second kappa shape index (κ2) is 5.39. The maximum atomic E-state index is 12.6. The third kappa shape index (κ3) is 3.31. The molecular weight excluding hydrogens is 257 g/mol. The number of hydrogen-bond acceptors (Lipinski definition) is 3. The van der Waals surface area contributed by atoms with Gasteiger partial charge in [-0.3, -0.25) is 0 Å². The van der Waals surface area contributed by atoms with Crippen LogP contribution in [0.15, 0.2) is 24.3 Å². The summed E-state index contributed by atoms with van der Waals surface area (Å²) in [6.07, 6.45) is -1.40. The number of ether oxygens (including phenoxy) is 1. The topological polar surface area (TPSA) is 36.3 Å². The molecule has 0 amide bonds. The molecule has 6 heteroatoms. The molecule has 0 N–H and O–H groups in total. The first kappa shape index (κ1) is 13.5. The molecule has 0 aromatic heterocycles. The summed E-state index contributed by atoms with van der Waals surface area (Å²) in [5.74, 6) is 0. The van der Waals surface area contributed by atoms with Crippen molar-refractivity contribution in [3.05, 3.63) is 29.8 Å². The van der Waals surface area contributed by atoms with E-state index in [1.54, 1.807) is 12.3 Å². The minimum Gasteiger partial charge on any atom is -0.422 e. The molecule has 19 heavy (non-hydrogen) atoms. The number of rotatable bonds is 2. The van der Waals surface area contributed by atoms with Gasteiger partial charge in [0, 0.05) is 12.2 Å². The van der Waals surface area contributed by atoms with Crippen molar-refractivity contribution in [2.24, 2.45) is 0 Å². The predicted molar refractivity (Wildman–Crippen MR) is 63.4 cm³/mol. The quantitative estimate of drug-likeness (QED) is 0.774. The highest BCUT2D eigenvalue weighted by Crippen LogP contribution is 2.32. The van der Waals surface area contributed by atoms with Crippen molar-refractivity contribution in [3.8, 4) is 6.26 Å². The van der Waals surface area contributed by atoms with Crippen molar-refractivity contribution in [3.63, 3.8) is 0 Å². The second-order valence-electron chi connectivity index (χ2n) is 4.47. The Balaban J connectivity index is 2.15. The number of anilines is 1. The molecule has 1 aliphatic heterocycles. The van der Waals surface area contributed by atoms with Crippen molar-refractivity contribution in [2.45, 2.75) is 25.1 Å². The van der Waals surface area contributed by atoms with E-state index in [-0.39, 0.29) is 6.10 Å². The SMILES string of the molecule is N#COC1CCCN(c2cccc(C(F)(F)F)c2)C1. The Morgan fingerprint density at radius 2 is 2.16 bits per heavy atom. The van der Waals surface area contributed by atoms with Crippen LogP contribution >= 0.6 is 0 Å². The fourth-order valence-corrected chi connectivity index (χ4v) is 2.22. The fraction of sp³-hybridized carbons (Fsp3) is 0.462. The summed E-state index contributed by atoms with van der Waals surface area (Å²) in [5, 5.41) is 8.49. The summed E-state index contributed by atoms with van der Waals surface area (Å²) in [4.78, 5) is 1.82. The van der Waals surface area contributed by atoms with Gasteiger partial charge in [0.05, 0.1) is 12.1 Å². The van der Waals surface area contributed by atoms with Crippen LogP contribution in [-0.2, 0) is 10.9 Å². The average Bonchev–Trinajstić information content (AvgIpc) is 2.39. The van der Waals surface area contributed by atoms with Crippen molar-refractivity contribution in [2.75, 3.05) is 18.0 Å². The molecule has 0 spiro atoms.